The molecule has 0 saturated heterocycles. The third kappa shape index (κ3) is 18.5. The number of hydrogen-bond acceptors (Lipinski definition) is 3. The Morgan fingerprint density at radius 3 is 2.08 bits per heavy atom. The van der Waals surface area contributed by atoms with Crippen LogP contribution in [0.25, 0.3) is 0 Å². The number of rotatable bonds is 16. The van der Waals surface area contributed by atoms with Crippen molar-refractivity contribution in [3.8, 4) is 0 Å². The summed E-state index contributed by atoms with van der Waals surface area (Å²) in [5, 5.41) is 17.2. The molecule has 6 nitrogen and oxygen atoms in total. The molecule has 146 valence electrons. The van der Waals surface area contributed by atoms with Gasteiger partial charge in [0.15, 0.2) is 0 Å². The lowest BCUT2D eigenvalue weighted by molar-refractivity contribution is 0.240. The van der Waals surface area contributed by atoms with Gasteiger partial charge in [-0.15, -0.1) is 0 Å². The smallest absolute Gasteiger partial charge is 0.314 e. The van der Waals surface area contributed by atoms with E-state index >= 15 is 0 Å². The summed E-state index contributed by atoms with van der Waals surface area (Å²) in [5.41, 5.74) is 5.41. The number of urea groups is 1. The number of nitrogens with two attached hydrogens (primary N) is 1. The number of hydrogen-bond donors (Lipinski definition) is 4. The van der Waals surface area contributed by atoms with E-state index in [9.17, 15) is 4.79 Å². The molecule has 0 spiro atoms. The number of allylic oxidation sites excluding steroid dienone is 2. The molecule has 0 aliphatic carbocycles. The molecule has 0 heterocycles. The average Bonchev–Trinajstić information content (AvgIpc) is 2.62. The minimum Gasteiger partial charge on any atom is -0.409 e. The fraction of sp³-hybridized carbons (Fsp3) is 0.789. The van der Waals surface area contributed by atoms with Crippen molar-refractivity contribution in [3.63, 3.8) is 0 Å². The van der Waals surface area contributed by atoms with E-state index in [2.05, 4.69) is 34.9 Å². The number of nitrogens with zero attached hydrogens (tertiary/aromatic N) is 1. The summed E-state index contributed by atoms with van der Waals surface area (Å²) in [6, 6.07) is -0.0429. The van der Waals surface area contributed by atoms with Crippen LogP contribution in [0.2, 0.25) is 0 Å². The number of oxime groups is 1. The zero-order valence-electron chi connectivity index (χ0n) is 15.9. The third-order valence-electron chi connectivity index (χ3n) is 4.00. The second kappa shape index (κ2) is 18.6. The summed E-state index contributed by atoms with van der Waals surface area (Å²) in [4.78, 5) is 11.5. The molecule has 5 N–H and O–H groups in total. The zero-order chi connectivity index (χ0) is 18.6. The minimum atomic E-state index is -0.0429. The van der Waals surface area contributed by atoms with Gasteiger partial charge in [-0.05, 0) is 44.9 Å². The van der Waals surface area contributed by atoms with Crippen molar-refractivity contribution >= 4 is 11.9 Å². The third-order valence-corrected chi connectivity index (χ3v) is 4.00. The molecule has 0 unspecified atom stereocenters. The molecule has 2 amide bonds. The first kappa shape index (κ1) is 23.3. The van der Waals surface area contributed by atoms with Crippen LogP contribution >= 0.6 is 0 Å². The van der Waals surface area contributed by atoms with Gasteiger partial charge in [-0.1, -0.05) is 49.9 Å². The summed E-state index contributed by atoms with van der Waals surface area (Å²) >= 11 is 0. The van der Waals surface area contributed by atoms with Gasteiger partial charge >= 0.3 is 6.03 Å². The van der Waals surface area contributed by atoms with Crippen LogP contribution in [0, 0.1) is 0 Å². The molecular formula is C19H38N4O2. The Kier molecular flexibility index (Phi) is 17.3. The fourth-order valence-electron chi connectivity index (χ4n) is 2.44. The van der Waals surface area contributed by atoms with Gasteiger partial charge in [0.25, 0.3) is 0 Å². The molecule has 0 atom stereocenters. The van der Waals surface area contributed by atoms with Crippen LogP contribution in [0.3, 0.4) is 0 Å². The van der Waals surface area contributed by atoms with E-state index in [1.807, 2.05) is 0 Å². The highest BCUT2D eigenvalue weighted by molar-refractivity contribution is 5.79. The fourth-order valence-corrected chi connectivity index (χ4v) is 2.44. The summed E-state index contributed by atoms with van der Waals surface area (Å²) in [7, 11) is 0. The molecule has 0 aliphatic rings. The first-order valence-corrected chi connectivity index (χ1v) is 9.83. The van der Waals surface area contributed by atoms with E-state index in [0.717, 1.165) is 58.0 Å². The van der Waals surface area contributed by atoms with Gasteiger partial charge in [0.1, 0.15) is 5.84 Å². The lowest BCUT2D eigenvalue weighted by atomic mass is 10.1. The van der Waals surface area contributed by atoms with Crippen molar-refractivity contribution in [2.75, 3.05) is 13.1 Å². The van der Waals surface area contributed by atoms with E-state index in [-0.39, 0.29) is 6.03 Å². The lowest BCUT2D eigenvalue weighted by Gasteiger charge is -2.06. The maximum atomic E-state index is 11.5. The van der Waals surface area contributed by atoms with Gasteiger partial charge in [-0.2, -0.15) is 0 Å². The van der Waals surface area contributed by atoms with E-state index in [1.54, 1.807) is 0 Å². The average molecular weight is 355 g/mol. The summed E-state index contributed by atoms with van der Waals surface area (Å²) in [6.07, 6.45) is 17.3. The number of unbranched alkanes of at least 4 members (excludes halogenated alkanes) is 8. The van der Waals surface area contributed by atoms with Crippen molar-refractivity contribution in [2.45, 2.75) is 84.0 Å². The highest BCUT2D eigenvalue weighted by atomic mass is 16.4. The topological polar surface area (TPSA) is 99.7 Å². The summed E-state index contributed by atoms with van der Waals surface area (Å²) in [6.45, 7) is 3.67. The SMILES string of the molecule is CCCCCNC(=O)NCCCCC=CCCCCCCC(N)=NO. The molecule has 0 aromatic rings. The van der Waals surface area contributed by atoms with Crippen molar-refractivity contribution < 1.29 is 10.0 Å². The standard InChI is InChI=1S/C19H38N4O2/c1-2-3-13-16-21-19(24)22-17-14-11-9-7-5-4-6-8-10-12-15-18(20)23-25/h5,7,25H,2-4,6,8-17H2,1H3,(H2,20,23)(H2,21,22,24). The Bertz CT molecular complexity index is 370. The van der Waals surface area contributed by atoms with Crippen LogP contribution in [0.15, 0.2) is 17.3 Å². The van der Waals surface area contributed by atoms with Crippen LogP contribution in [0.5, 0.6) is 0 Å². The Balaban J connectivity index is 3.26. The van der Waals surface area contributed by atoms with Gasteiger partial charge < -0.3 is 21.6 Å². The second-order valence-corrected chi connectivity index (χ2v) is 6.40. The Morgan fingerprint density at radius 2 is 1.48 bits per heavy atom. The van der Waals surface area contributed by atoms with Crippen LogP contribution in [-0.2, 0) is 0 Å². The van der Waals surface area contributed by atoms with Gasteiger partial charge in [-0.25, -0.2) is 4.79 Å². The highest BCUT2D eigenvalue weighted by Crippen LogP contribution is 2.06. The second-order valence-electron chi connectivity index (χ2n) is 6.40. The minimum absolute atomic E-state index is 0.0429. The van der Waals surface area contributed by atoms with Crippen molar-refractivity contribution in [2.24, 2.45) is 10.9 Å². The maximum Gasteiger partial charge on any atom is 0.314 e. The van der Waals surface area contributed by atoms with Gasteiger partial charge in [-0.3, -0.25) is 0 Å². The van der Waals surface area contributed by atoms with Crippen molar-refractivity contribution in [1.82, 2.24) is 10.6 Å². The van der Waals surface area contributed by atoms with Gasteiger partial charge in [0, 0.05) is 19.5 Å². The largest absolute Gasteiger partial charge is 0.409 e. The maximum absolute atomic E-state index is 11.5. The molecule has 0 fully saturated rings. The van der Waals surface area contributed by atoms with Crippen molar-refractivity contribution in [1.29, 1.82) is 0 Å². The number of carbonyl (C=O) groups excluding carboxylic acids is 1. The first-order valence-electron chi connectivity index (χ1n) is 9.83. The molecule has 25 heavy (non-hydrogen) atoms. The quantitative estimate of drug-likeness (QED) is 0.0830. The zero-order valence-corrected chi connectivity index (χ0v) is 15.9. The molecule has 0 aromatic carbocycles. The number of nitrogens with one attached hydrogen (secondary N) is 2. The first-order chi connectivity index (χ1) is 12.2. The van der Waals surface area contributed by atoms with E-state index in [1.165, 1.54) is 25.7 Å². The number of amidine groups is 1. The summed E-state index contributed by atoms with van der Waals surface area (Å²) < 4.78 is 0. The molecule has 6 heteroatoms. The molecular weight excluding hydrogens is 316 g/mol. The molecule has 0 rings (SSSR count). The predicted octanol–water partition coefficient (Wildman–Crippen LogP) is 4.29. The molecule has 0 bridgehead atoms. The number of carbonyl (C=O) groups is 1. The normalized spacial score (nSPS) is 11.8. The Morgan fingerprint density at radius 1 is 0.920 bits per heavy atom. The lowest BCUT2D eigenvalue weighted by Crippen LogP contribution is -2.36. The van der Waals surface area contributed by atoms with Crippen LogP contribution in [0.1, 0.15) is 84.0 Å². The predicted molar refractivity (Wildman–Crippen MR) is 105 cm³/mol. The molecule has 0 aromatic heterocycles. The monoisotopic (exact) mass is 354 g/mol. The Hall–Kier alpha value is -1.72. The van der Waals surface area contributed by atoms with E-state index < -0.39 is 0 Å². The Labute approximate surface area is 153 Å². The van der Waals surface area contributed by atoms with E-state index in [4.69, 9.17) is 10.9 Å². The van der Waals surface area contributed by atoms with E-state index in [0.29, 0.717) is 12.3 Å². The molecule has 0 radical (unpaired) electrons. The summed E-state index contributed by atoms with van der Waals surface area (Å²) in [5.74, 6) is 0.323. The molecule has 0 aliphatic heterocycles. The number of amides is 2. The van der Waals surface area contributed by atoms with Crippen LogP contribution in [-0.4, -0.2) is 30.2 Å². The van der Waals surface area contributed by atoms with Gasteiger partial charge in [0.05, 0.1) is 0 Å². The van der Waals surface area contributed by atoms with Crippen molar-refractivity contribution in [3.05, 3.63) is 12.2 Å². The van der Waals surface area contributed by atoms with Crippen LogP contribution < -0.4 is 16.4 Å². The van der Waals surface area contributed by atoms with Gasteiger partial charge in [0.2, 0.25) is 0 Å². The molecule has 0 saturated carbocycles. The van der Waals surface area contributed by atoms with Crippen LogP contribution in [0.4, 0.5) is 4.79 Å². The highest BCUT2D eigenvalue weighted by Gasteiger charge is 1.97.